The average molecular weight is 439 g/mol. The minimum atomic E-state index is -0.475. The number of benzene rings is 1. The lowest BCUT2D eigenvalue weighted by molar-refractivity contribution is -0.00759. The first-order valence-electron chi connectivity index (χ1n) is 11.6. The number of carbonyl (C=O) groups excluding carboxylic acids is 1. The minimum Gasteiger partial charge on any atom is -0.491 e. The van der Waals surface area contributed by atoms with Gasteiger partial charge in [-0.05, 0) is 71.2 Å². The average Bonchev–Trinajstić information content (AvgIpc) is 2.99. The molecule has 32 heavy (non-hydrogen) atoms. The van der Waals surface area contributed by atoms with Crippen molar-refractivity contribution in [2.24, 2.45) is 0 Å². The number of amides is 1. The smallest absolute Gasteiger partial charge is 0.410 e. The molecule has 1 aromatic carbocycles. The third kappa shape index (κ3) is 5.34. The molecule has 3 heterocycles. The van der Waals surface area contributed by atoms with Crippen LogP contribution in [0.5, 0.6) is 11.6 Å². The lowest BCUT2D eigenvalue weighted by Crippen LogP contribution is -2.50. The van der Waals surface area contributed by atoms with Crippen molar-refractivity contribution in [1.29, 1.82) is 0 Å². The maximum atomic E-state index is 12.6. The molecule has 2 aromatic rings. The van der Waals surface area contributed by atoms with Crippen molar-refractivity contribution in [3.63, 3.8) is 0 Å². The van der Waals surface area contributed by atoms with Crippen molar-refractivity contribution in [2.75, 3.05) is 0 Å². The SMILES string of the molecule is CC(C)Oc1ccc(-c2ccc(O[C@@H]3C[C@H]4CC[C@@H](C3)N4C(=O)OC(C)(C)C)nc2)cc1. The molecule has 0 aliphatic carbocycles. The van der Waals surface area contributed by atoms with Gasteiger partial charge in [-0.2, -0.15) is 0 Å². The minimum absolute atomic E-state index is 0.0667. The summed E-state index contributed by atoms with van der Waals surface area (Å²) in [5, 5.41) is 0. The normalized spacial score (nSPS) is 22.7. The highest BCUT2D eigenvalue weighted by Gasteiger charge is 2.45. The van der Waals surface area contributed by atoms with Crippen LogP contribution in [0.2, 0.25) is 0 Å². The van der Waals surface area contributed by atoms with Gasteiger partial charge in [-0.1, -0.05) is 12.1 Å². The molecule has 2 fully saturated rings. The van der Waals surface area contributed by atoms with Gasteiger partial charge in [0.1, 0.15) is 17.5 Å². The van der Waals surface area contributed by atoms with Crippen molar-refractivity contribution in [3.05, 3.63) is 42.6 Å². The Morgan fingerprint density at radius 2 is 1.62 bits per heavy atom. The van der Waals surface area contributed by atoms with Crippen LogP contribution in [0.4, 0.5) is 4.79 Å². The quantitative estimate of drug-likeness (QED) is 0.586. The zero-order valence-corrected chi connectivity index (χ0v) is 19.7. The highest BCUT2D eigenvalue weighted by atomic mass is 16.6. The highest BCUT2D eigenvalue weighted by molar-refractivity contribution is 5.69. The first-order chi connectivity index (χ1) is 15.2. The van der Waals surface area contributed by atoms with Gasteiger partial charge in [0.2, 0.25) is 5.88 Å². The topological polar surface area (TPSA) is 60.9 Å². The molecule has 1 amide bonds. The van der Waals surface area contributed by atoms with E-state index in [0.717, 1.165) is 42.6 Å². The fourth-order valence-corrected chi connectivity index (χ4v) is 4.63. The standard InChI is InChI=1S/C26H34N2O4/c1-17(2)30-22-11-6-18(7-12-22)19-8-13-24(27-16-19)31-23-14-20-9-10-21(15-23)28(20)25(29)32-26(3,4)5/h6-8,11-13,16-17,20-21,23H,9-10,14-15H2,1-5H3/t20-,21+,23-. The Bertz CT molecular complexity index is 904. The summed E-state index contributed by atoms with van der Waals surface area (Å²) in [5.74, 6) is 1.49. The van der Waals surface area contributed by atoms with Crippen LogP contribution in [0.15, 0.2) is 42.6 Å². The van der Waals surface area contributed by atoms with Gasteiger partial charge in [-0.25, -0.2) is 9.78 Å². The lowest BCUT2D eigenvalue weighted by Gasteiger charge is -2.39. The molecule has 0 radical (unpaired) electrons. The van der Waals surface area contributed by atoms with Crippen LogP contribution >= 0.6 is 0 Å². The Morgan fingerprint density at radius 3 is 2.16 bits per heavy atom. The van der Waals surface area contributed by atoms with Gasteiger partial charge in [0.15, 0.2) is 0 Å². The Labute approximate surface area is 190 Å². The second-order valence-electron chi connectivity index (χ2n) is 10.1. The number of fused-ring (bicyclic) bond motifs is 2. The van der Waals surface area contributed by atoms with Crippen molar-refractivity contribution >= 4 is 6.09 Å². The van der Waals surface area contributed by atoms with E-state index >= 15 is 0 Å². The van der Waals surface area contributed by atoms with E-state index in [4.69, 9.17) is 14.2 Å². The van der Waals surface area contributed by atoms with Crippen LogP contribution in [0.3, 0.4) is 0 Å². The molecule has 1 aromatic heterocycles. The van der Waals surface area contributed by atoms with Gasteiger partial charge < -0.3 is 19.1 Å². The molecular formula is C26H34N2O4. The molecule has 2 saturated heterocycles. The Balaban J connectivity index is 1.35. The predicted octanol–water partition coefficient (Wildman–Crippen LogP) is 5.85. The summed E-state index contributed by atoms with van der Waals surface area (Å²) in [7, 11) is 0. The maximum Gasteiger partial charge on any atom is 0.410 e. The second kappa shape index (κ2) is 9.00. The molecular weight excluding hydrogens is 404 g/mol. The molecule has 4 rings (SSSR count). The molecule has 6 nitrogen and oxygen atoms in total. The zero-order chi connectivity index (χ0) is 22.9. The summed E-state index contributed by atoms with van der Waals surface area (Å²) in [6.07, 6.45) is 5.52. The zero-order valence-electron chi connectivity index (χ0n) is 19.7. The number of piperidine rings is 1. The van der Waals surface area contributed by atoms with Crippen molar-refractivity contribution in [3.8, 4) is 22.8 Å². The predicted molar refractivity (Wildman–Crippen MR) is 124 cm³/mol. The van der Waals surface area contributed by atoms with Crippen LogP contribution < -0.4 is 9.47 Å². The largest absolute Gasteiger partial charge is 0.491 e. The van der Waals surface area contributed by atoms with Gasteiger partial charge in [0.05, 0.1) is 6.10 Å². The second-order valence-corrected chi connectivity index (χ2v) is 10.1. The Morgan fingerprint density at radius 1 is 1.00 bits per heavy atom. The van der Waals surface area contributed by atoms with E-state index in [1.54, 1.807) is 0 Å². The summed E-state index contributed by atoms with van der Waals surface area (Å²) < 4.78 is 17.5. The fourth-order valence-electron chi connectivity index (χ4n) is 4.63. The molecule has 2 bridgehead atoms. The molecule has 0 saturated carbocycles. The van der Waals surface area contributed by atoms with Crippen LogP contribution in [0.25, 0.3) is 11.1 Å². The van der Waals surface area contributed by atoms with E-state index in [9.17, 15) is 4.79 Å². The number of rotatable bonds is 5. The van der Waals surface area contributed by atoms with E-state index in [1.807, 2.05) is 82.1 Å². The summed E-state index contributed by atoms with van der Waals surface area (Å²) in [6.45, 7) is 9.76. The van der Waals surface area contributed by atoms with E-state index in [2.05, 4.69) is 4.98 Å². The van der Waals surface area contributed by atoms with E-state index in [-0.39, 0.29) is 30.4 Å². The molecule has 0 unspecified atom stereocenters. The number of aromatic nitrogens is 1. The summed E-state index contributed by atoms with van der Waals surface area (Å²) >= 11 is 0. The van der Waals surface area contributed by atoms with E-state index in [1.165, 1.54) is 0 Å². The maximum absolute atomic E-state index is 12.6. The number of nitrogens with zero attached hydrogens (tertiary/aromatic N) is 2. The van der Waals surface area contributed by atoms with Crippen LogP contribution in [0, 0.1) is 0 Å². The van der Waals surface area contributed by atoms with Crippen LogP contribution in [-0.4, -0.2) is 45.9 Å². The van der Waals surface area contributed by atoms with Crippen molar-refractivity contribution in [1.82, 2.24) is 9.88 Å². The third-order valence-electron chi connectivity index (χ3n) is 5.88. The third-order valence-corrected chi connectivity index (χ3v) is 5.88. The number of hydrogen-bond acceptors (Lipinski definition) is 5. The summed E-state index contributed by atoms with van der Waals surface area (Å²) in [5.41, 5.74) is 1.65. The summed E-state index contributed by atoms with van der Waals surface area (Å²) in [6, 6.07) is 12.4. The molecule has 6 heteroatoms. The van der Waals surface area contributed by atoms with Crippen molar-refractivity contribution in [2.45, 2.75) is 90.2 Å². The Kier molecular flexibility index (Phi) is 6.31. The molecule has 0 N–H and O–H groups in total. The van der Waals surface area contributed by atoms with E-state index < -0.39 is 5.60 Å². The molecule has 2 aliphatic heterocycles. The van der Waals surface area contributed by atoms with Crippen molar-refractivity contribution < 1.29 is 19.0 Å². The van der Waals surface area contributed by atoms with E-state index in [0.29, 0.717) is 5.88 Å². The van der Waals surface area contributed by atoms with Gasteiger partial charge in [0, 0.05) is 42.8 Å². The fraction of sp³-hybridized carbons (Fsp3) is 0.538. The number of pyridine rings is 1. The molecule has 2 aliphatic rings. The first-order valence-corrected chi connectivity index (χ1v) is 11.6. The van der Waals surface area contributed by atoms with Gasteiger partial charge in [-0.15, -0.1) is 0 Å². The summed E-state index contributed by atoms with van der Waals surface area (Å²) in [4.78, 5) is 19.1. The highest BCUT2D eigenvalue weighted by Crippen LogP contribution is 2.38. The van der Waals surface area contributed by atoms with Crippen LogP contribution in [-0.2, 0) is 4.74 Å². The monoisotopic (exact) mass is 438 g/mol. The van der Waals surface area contributed by atoms with Gasteiger partial charge in [-0.3, -0.25) is 0 Å². The number of ether oxygens (including phenoxy) is 3. The molecule has 172 valence electrons. The number of hydrogen-bond donors (Lipinski definition) is 0. The molecule has 3 atom stereocenters. The lowest BCUT2D eigenvalue weighted by atomic mass is 10.00. The number of carbonyl (C=O) groups is 1. The van der Waals surface area contributed by atoms with Gasteiger partial charge in [0.25, 0.3) is 0 Å². The van der Waals surface area contributed by atoms with Crippen LogP contribution in [0.1, 0.15) is 60.3 Å². The first kappa shape index (κ1) is 22.4. The molecule has 0 spiro atoms. The Hall–Kier alpha value is -2.76. The van der Waals surface area contributed by atoms with Gasteiger partial charge >= 0.3 is 6.09 Å².